The maximum absolute atomic E-state index is 13.4. The highest BCUT2D eigenvalue weighted by molar-refractivity contribution is 5.94. The van der Waals surface area contributed by atoms with Crippen molar-refractivity contribution in [2.75, 3.05) is 14.1 Å². The molecule has 0 saturated carbocycles. The molecule has 0 spiro atoms. The number of carbonyl (C=O) groups excluding carboxylic acids is 1. The monoisotopic (exact) mass is 212 g/mol. The van der Waals surface area contributed by atoms with Gasteiger partial charge in [-0.2, -0.15) is 4.39 Å². The quantitative estimate of drug-likeness (QED) is 0.550. The third-order valence-electron chi connectivity index (χ3n) is 1.81. The number of halogens is 1. The SMILES string of the molecule is CN(C)C(=O)c1cccc([N+](=O)[O-])c1F. The molecule has 0 atom stereocenters. The van der Waals surface area contributed by atoms with Gasteiger partial charge in [-0.1, -0.05) is 6.07 Å². The number of rotatable bonds is 2. The Bertz CT molecular complexity index is 418. The normalized spacial score (nSPS) is 9.80. The van der Waals surface area contributed by atoms with Gasteiger partial charge in [0.1, 0.15) is 0 Å². The molecule has 1 aromatic rings. The number of nitrogens with zero attached hydrogens (tertiary/aromatic N) is 2. The molecule has 0 N–H and O–H groups in total. The molecule has 80 valence electrons. The average Bonchev–Trinajstić information content (AvgIpc) is 2.16. The van der Waals surface area contributed by atoms with Crippen molar-refractivity contribution in [3.8, 4) is 0 Å². The molecule has 0 aliphatic rings. The van der Waals surface area contributed by atoms with Crippen LogP contribution in [0.2, 0.25) is 0 Å². The van der Waals surface area contributed by atoms with E-state index in [9.17, 15) is 19.3 Å². The van der Waals surface area contributed by atoms with E-state index in [1.165, 1.54) is 26.2 Å². The molecule has 0 aliphatic heterocycles. The highest BCUT2D eigenvalue weighted by Crippen LogP contribution is 2.20. The summed E-state index contributed by atoms with van der Waals surface area (Å²) >= 11 is 0. The minimum absolute atomic E-state index is 0.297. The Hall–Kier alpha value is -1.98. The highest BCUT2D eigenvalue weighted by Gasteiger charge is 2.22. The number of hydrogen-bond donors (Lipinski definition) is 0. The van der Waals surface area contributed by atoms with Crippen LogP contribution in [0.3, 0.4) is 0 Å². The first kappa shape index (κ1) is 11.1. The van der Waals surface area contributed by atoms with Crippen molar-refractivity contribution in [3.63, 3.8) is 0 Å². The van der Waals surface area contributed by atoms with Crippen LogP contribution in [0.5, 0.6) is 0 Å². The lowest BCUT2D eigenvalue weighted by molar-refractivity contribution is -0.387. The minimum atomic E-state index is -1.10. The van der Waals surface area contributed by atoms with E-state index in [1.54, 1.807) is 0 Å². The van der Waals surface area contributed by atoms with Gasteiger partial charge in [0.05, 0.1) is 10.5 Å². The van der Waals surface area contributed by atoms with E-state index in [-0.39, 0.29) is 5.56 Å². The molecule has 0 heterocycles. The van der Waals surface area contributed by atoms with Crippen LogP contribution in [-0.2, 0) is 0 Å². The second-order valence-corrected chi connectivity index (χ2v) is 3.10. The summed E-state index contributed by atoms with van der Waals surface area (Å²) in [5, 5.41) is 10.4. The lowest BCUT2D eigenvalue weighted by Gasteiger charge is -2.10. The number of benzene rings is 1. The largest absolute Gasteiger partial charge is 0.345 e. The van der Waals surface area contributed by atoms with Crippen LogP contribution in [-0.4, -0.2) is 29.8 Å². The molecule has 1 rings (SSSR count). The fourth-order valence-corrected chi connectivity index (χ4v) is 1.07. The summed E-state index contributed by atoms with van der Waals surface area (Å²) in [6.07, 6.45) is 0. The van der Waals surface area contributed by atoms with Gasteiger partial charge < -0.3 is 4.90 Å². The van der Waals surface area contributed by atoms with Crippen LogP contribution >= 0.6 is 0 Å². The minimum Gasteiger partial charge on any atom is -0.345 e. The summed E-state index contributed by atoms with van der Waals surface area (Å²) in [5.74, 6) is -1.70. The maximum Gasteiger partial charge on any atom is 0.305 e. The van der Waals surface area contributed by atoms with Crippen molar-refractivity contribution in [1.29, 1.82) is 0 Å². The van der Waals surface area contributed by atoms with Crippen molar-refractivity contribution < 1.29 is 14.1 Å². The summed E-state index contributed by atoms with van der Waals surface area (Å²) in [6.45, 7) is 0. The predicted molar refractivity (Wildman–Crippen MR) is 51.1 cm³/mol. The van der Waals surface area contributed by atoms with Gasteiger partial charge in [-0.3, -0.25) is 14.9 Å². The van der Waals surface area contributed by atoms with E-state index >= 15 is 0 Å². The molecule has 0 saturated heterocycles. The molecule has 0 unspecified atom stereocenters. The van der Waals surface area contributed by atoms with Crippen LogP contribution in [0.1, 0.15) is 10.4 Å². The first-order valence-corrected chi connectivity index (χ1v) is 4.09. The summed E-state index contributed by atoms with van der Waals surface area (Å²) in [7, 11) is 2.89. The molecule has 0 bridgehead atoms. The van der Waals surface area contributed by atoms with Gasteiger partial charge in [0.15, 0.2) is 0 Å². The van der Waals surface area contributed by atoms with E-state index in [0.717, 1.165) is 11.0 Å². The molecule has 5 nitrogen and oxygen atoms in total. The molecule has 15 heavy (non-hydrogen) atoms. The van der Waals surface area contributed by atoms with Crippen molar-refractivity contribution in [1.82, 2.24) is 4.90 Å². The molecule has 0 radical (unpaired) electrons. The zero-order chi connectivity index (χ0) is 11.6. The van der Waals surface area contributed by atoms with Gasteiger partial charge in [0, 0.05) is 20.2 Å². The zero-order valence-electron chi connectivity index (χ0n) is 8.23. The zero-order valence-corrected chi connectivity index (χ0v) is 8.23. The van der Waals surface area contributed by atoms with Gasteiger partial charge in [0.25, 0.3) is 5.91 Å². The van der Waals surface area contributed by atoms with E-state index in [1.807, 2.05) is 0 Å². The Balaban J connectivity index is 3.27. The molecule has 1 amide bonds. The Kier molecular flexibility index (Phi) is 2.99. The molecular formula is C9H9FN2O3. The fraction of sp³-hybridized carbons (Fsp3) is 0.222. The number of nitro groups is 1. The van der Waals surface area contributed by atoms with Crippen LogP contribution < -0.4 is 0 Å². The summed E-state index contributed by atoms with van der Waals surface area (Å²) in [4.78, 5) is 22.1. The number of carbonyl (C=O) groups is 1. The Morgan fingerprint density at radius 1 is 1.47 bits per heavy atom. The van der Waals surface area contributed by atoms with E-state index in [4.69, 9.17) is 0 Å². The van der Waals surface area contributed by atoms with Gasteiger partial charge in [-0.15, -0.1) is 0 Å². The fourth-order valence-electron chi connectivity index (χ4n) is 1.07. The lowest BCUT2D eigenvalue weighted by atomic mass is 10.1. The third kappa shape index (κ3) is 2.09. The summed E-state index contributed by atoms with van der Waals surface area (Å²) in [6, 6.07) is 3.50. The molecule has 0 aromatic heterocycles. The van der Waals surface area contributed by atoms with Crippen LogP contribution in [0, 0.1) is 15.9 Å². The van der Waals surface area contributed by atoms with Crippen LogP contribution in [0.4, 0.5) is 10.1 Å². The standard InChI is InChI=1S/C9H9FN2O3/c1-11(2)9(13)6-4-3-5-7(8(6)10)12(14)15/h3-5H,1-2H3. The molecular weight excluding hydrogens is 203 g/mol. The third-order valence-corrected chi connectivity index (χ3v) is 1.81. The van der Waals surface area contributed by atoms with Crippen LogP contribution in [0.15, 0.2) is 18.2 Å². The average molecular weight is 212 g/mol. The summed E-state index contributed by atoms with van der Waals surface area (Å²) in [5.41, 5.74) is -0.989. The molecule has 0 fully saturated rings. The van der Waals surface area contributed by atoms with Gasteiger partial charge in [0.2, 0.25) is 5.82 Å². The van der Waals surface area contributed by atoms with Crippen molar-refractivity contribution in [3.05, 3.63) is 39.7 Å². The first-order valence-electron chi connectivity index (χ1n) is 4.09. The van der Waals surface area contributed by atoms with E-state index in [0.29, 0.717) is 0 Å². The molecule has 0 aliphatic carbocycles. The van der Waals surface area contributed by atoms with Gasteiger partial charge in [-0.05, 0) is 6.07 Å². The van der Waals surface area contributed by atoms with Gasteiger partial charge in [-0.25, -0.2) is 0 Å². The smallest absolute Gasteiger partial charge is 0.305 e. The van der Waals surface area contributed by atoms with Crippen molar-refractivity contribution >= 4 is 11.6 Å². The number of hydrogen-bond acceptors (Lipinski definition) is 3. The van der Waals surface area contributed by atoms with E-state index in [2.05, 4.69) is 0 Å². The predicted octanol–water partition coefficient (Wildman–Crippen LogP) is 1.44. The van der Waals surface area contributed by atoms with Crippen molar-refractivity contribution in [2.45, 2.75) is 0 Å². The van der Waals surface area contributed by atoms with Crippen LogP contribution in [0.25, 0.3) is 0 Å². The lowest BCUT2D eigenvalue weighted by Crippen LogP contribution is -2.23. The number of amides is 1. The maximum atomic E-state index is 13.4. The van der Waals surface area contributed by atoms with Crippen molar-refractivity contribution in [2.24, 2.45) is 0 Å². The van der Waals surface area contributed by atoms with Gasteiger partial charge >= 0.3 is 5.69 Å². The molecule has 1 aromatic carbocycles. The topological polar surface area (TPSA) is 63.5 Å². The van der Waals surface area contributed by atoms with E-state index < -0.39 is 22.3 Å². The highest BCUT2D eigenvalue weighted by atomic mass is 19.1. The molecule has 6 heteroatoms. The second-order valence-electron chi connectivity index (χ2n) is 3.10. The first-order chi connectivity index (χ1) is 6.95. The Morgan fingerprint density at radius 2 is 2.07 bits per heavy atom. The number of nitro benzene ring substituents is 1. The Morgan fingerprint density at radius 3 is 2.53 bits per heavy atom. The second kappa shape index (κ2) is 4.04. The summed E-state index contributed by atoms with van der Waals surface area (Å²) < 4.78 is 13.4. The Labute approximate surface area is 85.3 Å².